The van der Waals surface area contributed by atoms with Gasteiger partial charge in [-0.3, -0.25) is 0 Å². The Bertz CT molecular complexity index is 470. The SMILES string of the molecule is NC1(Cc2cc(F)ccc2F)CCCC(C2CC2)C1. The summed E-state index contributed by atoms with van der Waals surface area (Å²) in [5.41, 5.74) is 6.56. The van der Waals surface area contributed by atoms with Crippen molar-refractivity contribution in [2.45, 2.75) is 50.5 Å². The van der Waals surface area contributed by atoms with Crippen molar-refractivity contribution in [3.05, 3.63) is 35.4 Å². The quantitative estimate of drug-likeness (QED) is 0.883. The van der Waals surface area contributed by atoms with E-state index in [2.05, 4.69) is 0 Å². The molecule has 2 N–H and O–H groups in total. The topological polar surface area (TPSA) is 26.0 Å². The highest BCUT2D eigenvalue weighted by molar-refractivity contribution is 5.21. The fourth-order valence-corrected chi connectivity index (χ4v) is 3.63. The largest absolute Gasteiger partial charge is 0.325 e. The van der Waals surface area contributed by atoms with Gasteiger partial charge in [0.2, 0.25) is 0 Å². The van der Waals surface area contributed by atoms with E-state index in [0.29, 0.717) is 17.9 Å². The van der Waals surface area contributed by atoms with Crippen molar-refractivity contribution >= 4 is 0 Å². The van der Waals surface area contributed by atoms with Gasteiger partial charge in [0.1, 0.15) is 11.6 Å². The molecular weight excluding hydrogens is 244 g/mol. The molecule has 0 bridgehead atoms. The Morgan fingerprint density at radius 1 is 1.16 bits per heavy atom. The van der Waals surface area contributed by atoms with Crippen LogP contribution in [0.1, 0.15) is 44.1 Å². The molecule has 2 unspecified atom stereocenters. The van der Waals surface area contributed by atoms with E-state index < -0.39 is 0 Å². The van der Waals surface area contributed by atoms with E-state index in [-0.39, 0.29) is 17.2 Å². The second-order valence-corrected chi connectivity index (χ2v) is 6.47. The Morgan fingerprint density at radius 2 is 1.95 bits per heavy atom. The van der Waals surface area contributed by atoms with E-state index in [1.54, 1.807) is 0 Å². The first kappa shape index (κ1) is 13.0. The maximum absolute atomic E-state index is 13.7. The number of halogens is 2. The number of hydrogen-bond donors (Lipinski definition) is 1. The van der Waals surface area contributed by atoms with Gasteiger partial charge in [-0.2, -0.15) is 0 Å². The number of rotatable bonds is 3. The van der Waals surface area contributed by atoms with Crippen LogP contribution in [-0.2, 0) is 6.42 Å². The summed E-state index contributed by atoms with van der Waals surface area (Å²) in [7, 11) is 0. The van der Waals surface area contributed by atoms with E-state index in [1.165, 1.54) is 31.4 Å². The third-order valence-electron chi connectivity index (χ3n) is 4.76. The van der Waals surface area contributed by atoms with E-state index in [0.717, 1.165) is 31.2 Å². The molecule has 3 rings (SSSR count). The Balaban J connectivity index is 1.74. The van der Waals surface area contributed by atoms with Gasteiger partial charge in [0.05, 0.1) is 0 Å². The molecule has 0 aliphatic heterocycles. The summed E-state index contributed by atoms with van der Waals surface area (Å²) in [5, 5.41) is 0. The van der Waals surface area contributed by atoms with Gasteiger partial charge in [-0.05, 0) is 67.7 Å². The predicted molar refractivity (Wildman–Crippen MR) is 71.7 cm³/mol. The minimum absolute atomic E-state index is 0.334. The smallest absolute Gasteiger partial charge is 0.126 e. The summed E-state index contributed by atoms with van der Waals surface area (Å²) in [6, 6.07) is 3.66. The van der Waals surface area contributed by atoms with E-state index in [1.807, 2.05) is 0 Å². The molecule has 0 heterocycles. The monoisotopic (exact) mass is 265 g/mol. The molecular formula is C16H21F2N. The van der Waals surface area contributed by atoms with Gasteiger partial charge in [0.25, 0.3) is 0 Å². The Morgan fingerprint density at radius 3 is 2.68 bits per heavy atom. The predicted octanol–water partition coefficient (Wildman–Crippen LogP) is 3.81. The molecule has 0 saturated heterocycles. The van der Waals surface area contributed by atoms with Crippen LogP contribution in [0.4, 0.5) is 8.78 Å². The molecule has 2 aliphatic rings. The van der Waals surface area contributed by atoms with E-state index >= 15 is 0 Å². The average Bonchev–Trinajstić information content (AvgIpc) is 3.18. The van der Waals surface area contributed by atoms with Gasteiger partial charge >= 0.3 is 0 Å². The summed E-state index contributed by atoms with van der Waals surface area (Å²) in [6.07, 6.45) is 7.38. The van der Waals surface area contributed by atoms with Gasteiger partial charge in [-0.1, -0.05) is 12.8 Å². The Labute approximate surface area is 113 Å². The zero-order chi connectivity index (χ0) is 13.5. The van der Waals surface area contributed by atoms with Gasteiger partial charge in [0, 0.05) is 5.54 Å². The lowest BCUT2D eigenvalue weighted by Gasteiger charge is -2.38. The molecule has 2 atom stereocenters. The molecule has 0 radical (unpaired) electrons. The average molecular weight is 265 g/mol. The Hall–Kier alpha value is -0.960. The number of nitrogens with two attached hydrogens (primary N) is 1. The normalized spacial score (nSPS) is 31.4. The molecule has 2 saturated carbocycles. The maximum atomic E-state index is 13.7. The van der Waals surface area contributed by atoms with Gasteiger partial charge in [0.15, 0.2) is 0 Å². The molecule has 0 spiro atoms. The highest BCUT2D eigenvalue weighted by Crippen LogP contribution is 2.46. The third kappa shape index (κ3) is 2.97. The zero-order valence-corrected chi connectivity index (χ0v) is 11.2. The number of benzene rings is 1. The van der Waals surface area contributed by atoms with Crippen molar-refractivity contribution in [1.82, 2.24) is 0 Å². The molecule has 1 aromatic rings. The second kappa shape index (κ2) is 4.86. The van der Waals surface area contributed by atoms with Crippen molar-refractivity contribution in [2.75, 3.05) is 0 Å². The van der Waals surface area contributed by atoms with Crippen molar-refractivity contribution < 1.29 is 8.78 Å². The summed E-state index contributed by atoms with van der Waals surface area (Å²) < 4.78 is 27.0. The lowest BCUT2D eigenvalue weighted by molar-refractivity contribution is 0.203. The van der Waals surface area contributed by atoms with Crippen molar-refractivity contribution in [2.24, 2.45) is 17.6 Å². The first-order valence-electron chi connectivity index (χ1n) is 7.29. The lowest BCUT2D eigenvalue weighted by Crippen LogP contribution is -2.46. The summed E-state index contributed by atoms with van der Waals surface area (Å²) >= 11 is 0. The minimum Gasteiger partial charge on any atom is -0.325 e. The Kier molecular flexibility index (Phi) is 3.34. The number of hydrogen-bond acceptors (Lipinski definition) is 1. The van der Waals surface area contributed by atoms with Gasteiger partial charge < -0.3 is 5.73 Å². The van der Waals surface area contributed by atoms with Crippen LogP contribution in [0, 0.1) is 23.5 Å². The highest BCUT2D eigenvalue weighted by atomic mass is 19.1. The van der Waals surface area contributed by atoms with Crippen LogP contribution < -0.4 is 5.73 Å². The first-order valence-corrected chi connectivity index (χ1v) is 7.29. The molecule has 104 valence electrons. The van der Waals surface area contributed by atoms with Crippen LogP contribution >= 0.6 is 0 Å². The van der Waals surface area contributed by atoms with Gasteiger partial charge in [-0.25, -0.2) is 8.78 Å². The molecule has 3 heteroatoms. The van der Waals surface area contributed by atoms with Crippen molar-refractivity contribution in [3.63, 3.8) is 0 Å². The maximum Gasteiger partial charge on any atom is 0.126 e. The highest BCUT2D eigenvalue weighted by Gasteiger charge is 2.40. The van der Waals surface area contributed by atoms with Crippen molar-refractivity contribution in [3.8, 4) is 0 Å². The molecule has 1 nitrogen and oxygen atoms in total. The van der Waals surface area contributed by atoms with E-state index in [9.17, 15) is 8.78 Å². The molecule has 1 aromatic carbocycles. The van der Waals surface area contributed by atoms with Crippen LogP contribution in [0.5, 0.6) is 0 Å². The molecule has 2 fully saturated rings. The summed E-state index contributed by atoms with van der Waals surface area (Å²) in [6.45, 7) is 0. The molecule has 19 heavy (non-hydrogen) atoms. The fraction of sp³-hybridized carbons (Fsp3) is 0.625. The van der Waals surface area contributed by atoms with Crippen LogP contribution in [-0.4, -0.2) is 5.54 Å². The summed E-state index contributed by atoms with van der Waals surface area (Å²) in [5.74, 6) is 0.838. The fourth-order valence-electron chi connectivity index (χ4n) is 3.63. The third-order valence-corrected chi connectivity index (χ3v) is 4.76. The standard InChI is InChI=1S/C16H21F2N/c17-14-5-6-15(18)13(8-14)10-16(19)7-1-2-12(9-16)11-3-4-11/h5-6,8,11-12H,1-4,7,9-10,19H2. The zero-order valence-electron chi connectivity index (χ0n) is 11.2. The molecule has 2 aliphatic carbocycles. The van der Waals surface area contributed by atoms with Crippen LogP contribution in [0.3, 0.4) is 0 Å². The van der Waals surface area contributed by atoms with Crippen LogP contribution in [0.25, 0.3) is 0 Å². The summed E-state index contributed by atoms with van der Waals surface area (Å²) in [4.78, 5) is 0. The molecule has 0 amide bonds. The second-order valence-electron chi connectivity index (χ2n) is 6.47. The first-order chi connectivity index (χ1) is 9.06. The molecule has 0 aromatic heterocycles. The van der Waals surface area contributed by atoms with E-state index in [4.69, 9.17) is 5.73 Å². The van der Waals surface area contributed by atoms with Crippen LogP contribution in [0.2, 0.25) is 0 Å². The van der Waals surface area contributed by atoms with Crippen LogP contribution in [0.15, 0.2) is 18.2 Å². The minimum atomic E-state index is -0.380. The lowest BCUT2D eigenvalue weighted by atomic mass is 9.72. The van der Waals surface area contributed by atoms with Crippen molar-refractivity contribution in [1.29, 1.82) is 0 Å². The van der Waals surface area contributed by atoms with Gasteiger partial charge in [-0.15, -0.1) is 0 Å².